The van der Waals surface area contributed by atoms with E-state index in [9.17, 15) is 24.3 Å². The molecule has 9 nitrogen and oxygen atoms in total. The minimum absolute atomic E-state index is 0.00965. The van der Waals surface area contributed by atoms with Gasteiger partial charge in [-0.05, 0) is 60.9 Å². The summed E-state index contributed by atoms with van der Waals surface area (Å²) in [6.45, 7) is 2.00. The number of aromatic carboxylic acids is 1. The molecule has 0 amide bonds. The second-order valence-electron chi connectivity index (χ2n) is 10.4. The SMILES string of the molecule is CCCCCCCCc1ccc(OCC(=O)Cc2[nH]c3ccc(OC(=O)O)cc3c2C(=O)c2ccc(C(=O)O)cc2)cc1. The lowest BCUT2D eigenvalue weighted by atomic mass is 9.97. The first-order chi connectivity index (χ1) is 20.7. The molecule has 1 heterocycles. The summed E-state index contributed by atoms with van der Waals surface area (Å²) in [6.07, 6.45) is 6.77. The van der Waals surface area contributed by atoms with E-state index in [1.165, 1.54) is 74.1 Å². The van der Waals surface area contributed by atoms with Crippen LogP contribution in [0.1, 0.15) is 83.0 Å². The Morgan fingerprint density at radius 3 is 2.09 bits per heavy atom. The van der Waals surface area contributed by atoms with Crippen molar-refractivity contribution in [2.45, 2.75) is 58.3 Å². The number of hydrogen-bond donors (Lipinski definition) is 3. The second kappa shape index (κ2) is 14.8. The van der Waals surface area contributed by atoms with Crippen LogP contribution in [0.3, 0.4) is 0 Å². The zero-order valence-corrected chi connectivity index (χ0v) is 24.1. The van der Waals surface area contributed by atoms with Gasteiger partial charge in [0.1, 0.15) is 18.1 Å². The Labute approximate surface area is 249 Å². The van der Waals surface area contributed by atoms with Gasteiger partial charge in [0.15, 0.2) is 11.6 Å². The Morgan fingerprint density at radius 1 is 0.767 bits per heavy atom. The number of aromatic amines is 1. The Balaban J connectivity index is 1.46. The molecule has 0 aliphatic rings. The molecule has 0 aliphatic heterocycles. The molecule has 3 aromatic carbocycles. The van der Waals surface area contributed by atoms with E-state index in [4.69, 9.17) is 14.6 Å². The molecule has 0 spiro atoms. The lowest BCUT2D eigenvalue weighted by Crippen LogP contribution is -2.16. The molecule has 0 saturated carbocycles. The molecule has 4 aromatic rings. The predicted molar refractivity (Wildman–Crippen MR) is 162 cm³/mol. The quantitative estimate of drug-likeness (QED) is 0.0540. The Morgan fingerprint density at radius 2 is 1.42 bits per heavy atom. The van der Waals surface area contributed by atoms with Gasteiger partial charge in [0.25, 0.3) is 0 Å². The van der Waals surface area contributed by atoms with Crippen molar-refractivity contribution >= 4 is 34.6 Å². The number of aryl methyl sites for hydroxylation is 1. The van der Waals surface area contributed by atoms with E-state index in [2.05, 4.69) is 11.9 Å². The standard InChI is InChI=1S/C34H35NO8/c1-2-3-4-5-6-7-8-22-9-15-26(16-10-22)42-21-25(36)19-30-31(32(37)23-11-13-24(14-12-23)33(38)39)28-20-27(43-34(40)41)17-18-29(28)35-30/h9-18,20,35H,2-8,19,21H2,1H3,(H,38,39)(H,40,41). The summed E-state index contributed by atoms with van der Waals surface area (Å²) in [4.78, 5) is 52.0. The number of ether oxygens (including phenoxy) is 2. The van der Waals surface area contributed by atoms with Gasteiger partial charge in [-0.1, -0.05) is 63.3 Å². The third-order valence-corrected chi connectivity index (χ3v) is 7.19. The number of carboxylic acids is 1. The second-order valence-corrected chi connectivity index (χ2v) is 10.4. The number of H-pyrrole nitrogens is 1. The van der Waals surface area contributed by atoms with Crippen molar-refractivity contribution in [1.29, 1.82) is 0 Å². The highest BCUT2D eigenvalue weighted by Gasteiger charge is 2.23. The average Bonchev–Trinajstić information content (AvgIpc) is 3.34. The molecule has 43 heavy (non-hydrogen) atoms. The van der Waals surface area contributed by atoms with Gasteiger partial charge in [0.05, 0.1) is 17.5 Å². The number of nitrogens with one attached hydrogen (secondary N) is 1. The molecule has 0 fully saturated rings. The van der Waals surface area contributed by atoms with E-state index in [-0.39, 0.29) is 41.3 Å². The van der Waals surface area contributed by atoms with Crippen LogP contribution in [-0.4, -0.2) is 45.5 Å². The third-order valence-electron chi connectivity index (χ3n) is 7.19. The predicted octanol–water partition coefficient (Wildman–Crippen LogP) is 7.25. The van der Waals surface area contributed by atoms with E-state index in [1.807, 2.05) is 24.3 Å². The Hall–Kier alpha value is -4.92. The normalized spacial score (nSPS) is 10.9. The van der Waals surface area contributed by atoms with Crippen LogP contribution in [0.5, 0.6) is 11.5 Å². The van der Waals surface area contributed by atoms with Crippen LogP contribution in [0.15, 0.2) is 66.7 Å². The minimum Gasteiger partial charge on any atom is -0.486 e. The molecule has 0 atom stereocenters. The Kier molecular flexibility index (Phi) is 10.7. The van der Waals surface area contributed by atoms with E-state index in [1.54, 1.807) is 6.07 Å². The van der Waals surface area contributed by atoms with Crippen molar-refractivity contribution in [2.75, 3.05) is 6.61 Å². The number of benzene rings is 3. The molecule has 0 saturated heterocycles. The van der Waals surface area contributed by atoms with Gasteiger partial charge < -0.3 is 24.7 Å². The molecule has 4 rings (SSSR count). The maximum atomic E-state index is 13.6. The number of hydrogen-bond acceptors (Lipinski definition) is 6. The molecular weight excluding hydrogens is 550 g/mol. The van der Waals surface area contributed by atoms with Gasteiger partial charge in [-0.15, -0.1) is 0 Å². The highest BCUT2D eigenvalue weighted by Crippen LogP contribution is 2.30. The molecule has 0 bridgehead atoms. The maximum absolute atomic E-state index is 13.6. The topological polar surface area (TPSA) is 143 Å². The van der Waals surface area contributed by atoms with Gasteiger partial charge in [-0.25, -0.2) is 9.59 Å². The molecule has 0 radical (unpaired) electrons. The van der Waals surface area contributed by atoms with E-state index < -0.39 is 17.9 Å². The number of carbonyl (C=O) groups is 4. The summed E-state index contributed by atoms with van der Waals surface area (Å²) in [5.74, 6) is -1.28. The van der Waals surface area contributed by atoms with Crippen molar-refractivity contribution < 1.29 is 38.9 Å². The summed E-state index contributed by atoms with van der Waals surface area (Å²) >= 11 is 0. The molecule has 3 N–H and O–H groups in total. The molecule has 9 heteroatoms. The molecule has 1 aromatic heterocycles. The van der Waals surface area contributed by atoms with Gasteiger partial charge in [0, 0.05) is 22.2 Å². The summed E-state index contributed by atoms with van der Waals surface area (Å²) < 4.78 is 10.5. The first kappa shape index (κ1) is 31.0. The molecule has 224 valence electrons. The maximum Gasteiger partial charge on any atom is 0.511 e. The van der Waals surface area contributed by atoms with Crippen molar-refractivity contribution in [2.24, 2.45) is 0 Å². The zero-order valence-electron chi connectivity index (χ0n) is 24.1. The van der Waals surface area contributed by atoms with Gasteiger partial charge in [-0.2, -0.15) is 0 Å². The van der Waals surface area contributed by atoms with Crippen LogP contribution in [0.4, 0.5) is 4.79 Å². The number of fused-ring (bicyclic) bond motifs is 1. The number of aromatic nitrogens is 1. The fourth-order valence-electron chi connectivity index (χ4n) is 4.97. The Bertz CT molecular complexity index is 1590. The van der Waals surface area contributed by atoms with Crippen molar-refractivity contribution in [3.05, 3.63) is 94.7 Å². The number of ketones is 2. The molecule has 0 unspecified atom stereocenters. The number of carbonyl (C=O) groups excluding carboxylic acids is 2. The number of unbranched alkanes of at least 4 members (excludes halogenated alkanes) is 5. The lowest BCUT2D eigenvalue weighted by molar-refractivity contribution is -0.120. The average molecular weight is 586 g/mol. The molecule has 0 aliphatic carbocycles. The number of rotatable bonds is 16. The largest absolute Gasteiger partial charge is 0.511 e. The van der Waals surface area contributed by atoms with Crippen LogP contribution in [-0.2, 0) is 17.6 Å². The van der Waals surface area contributed by atoms with Gasteiger partial charge in [0.2, 0.25) is 0 Å². The van der Waals surface area contributed by atoms with Gasteiger partial charge >= 0.3 is 12.1 Å². The first-order valence-corrected chi connectivity index (χ1v) is 14.4. The third kappa shape index (κ3) is 8.54. The van der Waals surface area contributed by atoms with Crippen LogP contribution >= 0.6 is 0 Å². The van der Waals surface area contributed by atoms with Crippen LogP contribution in [0.2, 0.25) is 0 Å². The highest BCUT2D eigenvalue weighted by molar-refractivity contribution is 6.18. The van der Waals surface area contributed by atoms with Crippen LogP contribution in [0, 0.1) is 0 Å². The van der Waals surface area contributed by atoms with Gasteiger partial charge in [-0.3, -0.25) is 9.59 Å². The lowest BCUT2D eigenvalue weighted by Gasteiger charge is -2.08. The fourth-order valence-corrected chi connectivity index (χ4v) is 4.97. The van der Waals surface area contributed by atoms with Crippen molar-refractivity contribution in [3.8, 4) is 11.5 Å². The summed E-state index contributed by atoms with van der Waals surface area (Å²) in [7, 11) is 0. The van der Waals surface area contributed by atoms with E-state index in [0.29, 0.717) is 22.3 Å². The van der Waals surface area contributed by atoms with Crippen LogP contribution in [0.25, 0.3) is 10.9 Å². The summed E-state index contributed by atoms with van der Waals surface area (Å²) in [6, 6.07) is 17.6. The zero-order chi connectivity index (χ0) is 30.8. The van der Waals surface area contributed by atoms with E-state index in [0.717, 1.165) is 12.8 Å². The molecular formula is C34H35NO8. The van der Waals surface area contributed by atoms with Crippen molar-refractivity contribution in [1.82, 2.24) is 4.98 Å². The number of Topliss-reactive ketones (excluding diaryl/α,β-unsaturated/α-hetero) is 1. The number of carboxylic acid groups (broad SMARTS) is 2. The fraction of sp³-hybridized carbons (Fsp3) is 0.294. The van der Waals surface area contributed by atoms with Crippen LogP contribution < -0.4 is 9.47 Å². The van der Waals surface area contributed by atoms with E-state index >= 15 is 0 Å². The smallest absolute Gasteiger partial charge is 0.486 e. The monoisotopic (exact) mass is 585 g/mol. The first-order valence-electron chi connectivity index (χ1n) is 14.4. The summed E-state index contributed by atoms with van der Waals surface area (Å²) in [5.41, 5.74) is 2.46. The highest BCUT2D eigenvalue weighted by atomic mass is 16.7. The van der Waals surface area contributed by atoms with Crippen molar-refractivity contribution in [3.63, 3.8) is 0 Å². The minimum atomic E-state index is -1.50. The summed E-state index contributed by atoms with van der Waals surface area (Å²) in [5, 5.41) is 18.6.